The quantitative estimate of drug-likeness (QED) is 0.220. The molecule has 1 aliphatic rings. The molecule has 43 heavy (non-hydrogen) atoms. The number of fused-ring (bicyclic) bond motifs is 1. The van der Waals surface area contributed by atoms with Crippen molar-refractivity contribution < 1.29 is 22.7 Å². The Bertz CT molecular complexity index is 1520. The summed E-state index contributed by atoms with van der Waals surface area (Å²) in [5.74, 6) is -1.32. The molecule has 0 bridgehead atoms. The van der Waals surface area contributed by atoms with Gasteiger partial charge in [0, 0.05) is 30.3 Å². The Labute approximate surface area is 254 Å². The lowest BCUT2D eigenvalue weighted by atomic mass is 9.83. The Morgan fingerprint density at radius 2 is 1.37 bits per heavy atom. The first-order valence-electron chi connectivity index (χ1n) is 14.8. The number of nitrogens with zero attached hydrogens (tertiary/aromatic N) is 1. The van der Waals surface area contributed by atoms with Crippen LogP contribution in [0.3, 0.4) is 0 Å². The fourth-order valence-electron chi connectivity index (χ4n) is 6.61. The molecule has 4 aromatic carbocycles. The number of hydrogen-bond donors (Lipinski definition) is 1. The Morgan fingerprint density at radius 3 is 1.86 bits per heavy atom. The maximum absolute atomic E-state index is 16.4. The third-order valence-corrected chi connectivity index (χ3v) is 13.4. The van der Waals surface area contributed by atoms with Gasteiger partial charge in [0.05, 0.1) is 6.04 Å². The van der Waals surface area contributed by atoms with E-state index in [0.29, 0.717) is 12.0 Å². The number of rotatable bonds is 7. The van der Waals surface area contributed by atoms with Crippen molar-refractivity contribution in [3.8, 4) is 11.5 Å². The van der Waals surface area contributed by atoms with Gasteiger partial charge < -0.3 is 9.53 Å². The Balaban J connectivity index is 1.67. The molecule has 0 aromatic heterocycles. The van der Waals surface area contributed by atoms with Crippen LogP contribution in [0.2, 0.25) is 5.04 Å². The number of phenols is 1. The molecule has 4 aromatic rings. The molecule has 0 saturated carbocycles. The van der Waals surface area contributed by atoms with Gasteiger partial charge in [-0.25, -0.2) is 13.2 Å². The maximum Gasteiger partial charge on any atom is 0.319 e. The summed E-state index contributed by atoms with van der Waals surface area (Å²) in [4.78, 5) is 1.82. The Kier molecular flexibility index (Phi) is 8.27. The maximum atomic E-state index is 16.4. The highest BCUT2D eigenvalue weighted by Gasteiger charge is 2.52. The number of phenolic OH excluding ortho intramolecular Hbond substituents is 1. The third-order valence-electron chi connectivity index (χ3n) is 8.41. The van der Waals surface area contributed by atoms with Gasteiger partial charge in [0.1, 0.15) is 28.8 Å². The SMILES string of the molecule is C[C@@H]1Cc2cc(O)ccc2[C@@H](c2c(F)cc(O[Si](c3ccccc3)(c3ccccc3)C(C)(C)C)cc2F)N1CC(C)(C)F. The van der Waals surface area contributed by atoms with Crippen molar-refractivity contribution in [3.63, 3.8) is 0 Å². The largest absolute Gasteiger partial charge is 0.534 e. The van der Waals surface area contributed by atoms with Crippen molar-refractivity contribution in [2.24, 2.45) is 0 Å². The van der Waals surface area contributed by atoms with Crippen LogP contribution < -0.4 is 14.8 Å². The fourth-order valence-corrected chi connectivity index (χ4v) is 11.0. The van der Waals surface area contributed by atoms with Crippen molar-refractivity contribution >= 4 is 18.7 Å². The van der Waals surface area contributed by atoms with Crippen LogP contribution in [-0.2, 0) is 6.42 Å². The van der Waals surface area contributed by atoms with E-state index in [9.17, 15) is 5.11 Å². The first kappa shape index (κ1) is 30.9. The van der Waals surface area contributed by atoms with Crippen molar-refractivity contribution in [1.82, 2.24) is 4.90 Å². The molecule has 1 heterocycles. The van der Waals surface area contributed by atoms with E-state index in [4.69, 9.17) is 4.43 Å². The topological polar surface area (TPSA) is 32.7 Å². The zero-order valence-electron chi connectivity index (χ0n) is 25.7. The van der Waals surface area contributed by atoms with Crippen molar-refractivity contribution in [3.05, 3.63) is 119 Å². The summed E-state index contributed by atoms with van der Waals surface area (Å²) in [5.41, 5.74) is -0.312. The monoisotopic (exact) mass is 603 g/mol. The molecule has 0 radical (unpaired) electrons. The predicted octanol–water partition coefficient (Wildman–Crippen LogP) is 7.69. The van der Waals surface area contributed by atoms with E-state index in [1.165, 1.54) is 32.0 Å². The van der Waals surface area contributed by atoms with E-state index in [0.717, 1.165) is 15.9 Å². The highest BCUT2D eigenvalue weighted by atomic mass is 28.4. The molecule has 0 saturated heterocycles. The number of alkyl halides is 1. The van der Waals surface area contributed by atoms with E-state index < -0.39 is 36.7 Å². The molecule has 0 spiro atoms. The molecule has 0 fully saturated rings. The Hall–Kier alpha value is -3.55. The van der Waals surface area contributed by atoms with Gasteiger partial charge in [-0.15, -0.1) is 0 Å². The van der Waals surface area contributed by atoms with E-state index >= 15 is 13.2 Å². The van der Waals surface area contributed by atoms with Crippen LogP contribution in [0.25, 0.3) is 0 Å². The highest BCUT2D eigenvalue weighted by Crippen LogP contribution is 2.44. The highest BCUT2D eigenvalue weighted by molar-refractivity contribution is 7.00. The van der Waals surface area contributed by atoms with Gasteiger partial charge in [-0.05, 0) is 65.9 Å². The normalized spacial score (nSPS) is 17.9. The average molecular weight is 604 g/mol. The lowest BCUT2D eigenvalue weighted by Gasteiger charge is -2.44. The van der Waals surface area contributed by atoms with Crippen LogP contribution >= 0.6 is 0 Å². The van der Waals surface area contributed by atoms with Crippen LogP contribution in [0.15, 0.2) is 91.0 Å². The predicted molar refractivity (Wildman–Crippen MR) is 170 cm³/mol. The molecule has 7 heteroatoms. The van der Waals surface area contributed by atoms with Gasteiger partial charge in [0.2, 0.25) is 0 Å². The van der Waals surface area contributed by atoms with Gasteiger partial charge in [-0.1, -0.05) is 87.5 Å². The fraction of sp³-hybridized carbons (Fsp3) is 0.333. The molecular weight excluding hydrogens is 563 g/mol. The molecule has 3 nitrogen and oxygen atoms in total. The third kappa shape index (κ3) is 5.98. The van der Waals surface area contributed by atoms with Crippen LogP contribution in [-0.4, -0.2) is 36.6 Å². The van der Waals surface area contributed by atoms with Crippen LogP contribution in [0.4, 0.5) is 13.2 Å². The molecular formula is C36H40F3NO2Si. The number of hydrogen-bond acceptors (Lipinski definition) is 3. The van der Waals surface area contributed by atoms with Crippen molar-refractivity contribution in [2.75, 3.05) is 6.54 Å². The van der Waals surface area contributed by atoms with E-state index in [-0.39, 0.29) is 29.6 Å². The summed E-state index contributed by atoms with van der Waals surface area (Å²) in [6.07, 6.45) is 0.522. The van der Waals surface area contributed by atoms with Gasteiger partial charge >= 0.3 is 8.32 Å². The van der Waals surface area contributed by atoms with Gasteiger partial charge in [0.15, 0.2) is 0 Å². The summed E-state index contributed by atoms with van der Waals surface area (Å²) in [6, 6.07) is 26.1. The van der Waals surface area contributed by atoms with Gasteiger partial charge in [-0.2, -0.15) is 0 Å². The zero-order chi connectivity index (χ0) is 31.2. The Morgan fingerprint density at radius 1 is 0.837 bits per heavy atom. The van der Waals surface area contributed by atoms with E-state index in [2.05, 4.69) is 20.8 Å². The summed E-state index contributed by atoms with van der Waals surface area (Å²) < 4.78 is 54.8. The minimum Gasteiger partial charge on any atom is -0.534 e. The molecule has 0 unspecified atom stereocenters. The summed E-state index contributed by atoms with van der Waals surface area (Å²) in [6.45, 7) is 11.2. The second-order valence-electron chi connectivity index (χ2n) is 13.3. The van der Waals surface area contributed by atoms with E-state index in [1.54, 1.807) is 12.1 Å². The molecule has 2 atom stereocenters. The summed E-state index contributed by atoms with van der Waals surface area (Å²) >= 11 is 0. The molecule has 0 aliphatic carbocycles. The smallest absolute Gasteiger partial charge is 0.319 e. The minimum absolute atomic E-state index is 0.0155. The lowest BCUT2D eigenvalue weighted by Crippen LogP contribution is -2.68. The van der Waals surface area contributed by atoms with E-state index in [1.807, 2.05) is 72.5 Å². The van der Waals surface area contributed by atoms with Gasteiger partial charge in [0.25, 0.3) is 0 Å². The molecule has 226 valence electrons. The zero-order valence-corrected chi connectivity index (χ0v) is 26.7. The second-order valence-corrected chi connectivity index (χ2v) is 17.5. The number of aromatic hydroxyl groups is 1. The standard InChI is InChI=1S/C36H40F3NO2Si/c1-24-19-25-20-26(41)17-18-30(25)34(40(24)23-36(5,6)39)33-31(37)21-27(22-32(33)38)42-43(35(2,3)4,28-13-9-7-10-14-28)29-15-11-8-12-16-29/h7-18,20-22,24,34,41H,19,23H2,1-6H3/t24-,34+/m1/s1. The van der Waals surface area contributed by atoms with Crippen LogP contribution in [0, 0.1) is 11.6 Å². The van der Waals surface area contributed by atoms with Crippen molar-refractivity contribution in [1.29, 1.82) is 0 Å². The van der Waals surface area contributed by atoms with Crippen molar-refractivity contribution in [2.45, 2.75) is 70.8 Å². The lowest BCUT2D eigenvalue weighted by molar-refractivity contribution is 0.0652. The second kappa shape index (κ2) is 11.5. The summed E-state index contributed by atoms with van der Waals surface area (Å²) in [5, 5.41) is 11.7. The first-order valence-corrected chi connectivity index (χ1v) is 16.7. The molecule has 5 rings (SSSR count). The van der Waals surface area contributed by atoms with Crippen LogP contribution in [0.5, 0.6) is 11.5 Å². The first-order chi connectivity index (χ1) is 20.2. The number of benzene rings is 4. The molecule has 0 amide bonds. The minimum atomic E-state index is -3.13. The summed E-state index contributed by atoms with van der Waals surface area (Å²) in [7, 11) is -3.13. The molecule has 1 N–H and O–H groups in total. The molecule has 1 aliphatic heterocycles. The number of halogens is 3. The van der Waals surface area contributed by atoms with Gasteiger partial charge in [-0.3, -0.25) is 4.90 Å². The average Bonchev–Trinajstić information content (AvgIpc) is 2.92. The van der Waals surface area contributed by atoms with Crippen LogP contribution in [0.1, 0.15) is 64.3 Å².